The summed E-state index contributed by atoms with van der Waals surface area (Å²) in [5, 5.41) is 14.1. The number of nitrogens with one attached hydrogen (secondary N) is 1. The van der Waals surface area contributed by atoms with Crippen LogP contribution in [0.25, 0.3) is 0 Å². The molecule has 106 valence electrons. The standard InChI is InChI=1S/C13H15N3O3S/c1-3-19-12-8(2)11(14-7-15-12)16-10(13(17)18)9-5-4-6-20-9/h4-7,10H,3H2,1-2H3,(H,17,18)(H,14,15,16). The molecule has 7 heteroatoms. The van der Waals surface area contributed by atoms with Gasteiger partial charge in [0.2, 0.25) is 5.88 Å². The third-order valence-electron chi connectivity index (χ3n) is 2.67. The second-order valence-electron chi connectivity index (χ2n) is 4.02. The molecule has 0 saturated carbocycles. The predicted octanol–water partition coefficient (Wildman–Crippen LogP) is 2.48. The van der Waals surface area contributed by atoms with Crippen LogP contribution in [0, 0.1) is 6.92 Å². The summed E-state index contributed by atoms with van der Waals surface area (Å²) in [5.41, 5.74) is 0.692. The largest absolute Gasteiger partial charge is 0.479 e. The minimum atomic E-state index is -0.955. The van der Waals surface area contributed by atoms with Crippen molar-refractivity contribution in [2.45, 2.75) is 19.9 Å². The third-order valence-corrected chi connectivity index (χ3v) is 3.61. The van der Waals surface area contributed by atoms with Gasteiger partial charge in [-0.3, -0.25) is 0 Å². The Bertz CT molecular complexity index is 587. The van der Waals surface area contributed by atoms with Gasteiger partial charge in [0, 0.05) is 4.88 Å². The Balaban J connectivity index is 2.28. The highest BCUT2D eigenvalue weighted by Crippen LogP contribution is 2.27. The van der Waals surface area contributed by atoms with Crippen LogP contribution in [0.1, 0.15) is 23.4 Å². The molecule has 2 N–H and O–H groups in total. The first-order valence-corrected chi connectivity index (χ1v) is 6.98. The van der Waals surface area contributed by atoms with Crippen LogP contribution in [-0.4, -0.2) is 27.7 Å². The van der Waals surface area contributed by atoms with Crippen molar-refractivity contribution < 1.29 is 14.6 Å². The molecule has 1 unspecified atom stereocenters. The molecule has 2 heterocycles. The minimum absolute atomic E-state index is 0.459. The van der Waals surface area contributed by atoms with Crippen molar-refractivity contribution in [2.24, 2.45) is 0 Å². The number of ether oxygens (including phenoxy) is 1. The van der Waals surface area contributed by atoms with Gasteiger partial charge in [-0.05, 0) is 25.3 Å². The Morgan fingerprint density at radius 1 is 1.55 bits per heavy atom. The van der Waals surface area contributed by atoms with Crippen LogP contribution in [0.4, 0.5) is 5.82 Å². The van der Waals surface area contributed by atoms with E-state index in [1.807, 2.05) is 18.4 Å². The molecule has 0 aliphatic carbocycles. The fourth-order valence-corrected chi connectivity index (χ4v) is 2.48. The van der Waals surface area contributed by atoms with Crippen LogP contribution in [0.15, 0.2) is 23.8 Å². The highest BCUT2D eigenvalue weighted by molar-refractivity contribution is 7.10. The molecule has 20 heavy (non-hydrogen) atoms. The zero-order chi connectivity index (χ0) is 14.5. The molecule has 0 bridgehead atoms. The number of nitrogens with zero attached hydrogens (tertiary/aromatic N) is 2. The first-order chi connectivity index (χ1) is 9.63. The van der Waals surface area contributed by atoms with Gasteiger partial charge in [0.15, 0.2) is 6.04 Å². The van der Waals surface area contributed by atoms with Crippen molar-refractivity contribution >= 4 is 23.1 Å². The summed E-state index contributed by atoms with van der Waals surface area (Å²) >= 11 is 1.38. The van der Waals surface area contributed by atoms with E-state index in [-0.39, 0.29) is 0 Å². The maximum absolute atomic E-state index is 11.4. The van der Waals surface area contributed by atoms with Crippen molar-refractivity contribution in [1.82, 2.24) is 9.97 Å². The van der Waals surface area contributed by atoms with Crippen molar-refractivity contribution in [3.05, 3.63) is 34.3 Å². The van der Waals surface area contributed by atoms with Crippen molar-refractivity contribution in [3.63, 3.8) is 0 Å². The summed E-state index contributed by atoms with van der Waals surface area (Å²) in [6.07, 6.45) is 1.35. The van der Waals surface area contributed by atoms with Gasteiger partial charge in [-0.15, -0.1) is 11.3 Å². The first-order valence-electron chi connectivity index (χ1n) is 6.10. The third kappa shape index (κ3) is 3.05. The number of hydrogen-bond donors (Lipinski definition) is 2. The molecule has 2 rings (SSSR count). The topological polar surface area (TPSA) is 84.3 Å². The zero-order valence-electron chi connectivity index (χ0n) is 11.2. The fraction of sp³-hybridized carbons (Fsp3) is 0.308. The Morgan fingerprint density at radius 3 is 2.95 bits per heavy atom. The van der Waals surface area contributed by atoms with Crippen LogP contribution in [0.2, 0.25) is 0 Å². The van der Waals surface area contributed by atoms with E-state index in [0.717, 1.165) is 0 Å². The average molecular weight is 293 g/mol. The van der Waals surface area contributed by atoms with Crippen LogP contribution < -0.4 is 10.1 Å². The number of hydrogen-bond acceptors (Lipinski definition) is 6. The van der Waals surface area contributed by atoms with E-state index in [9.17, 15) is 9.90 Å². The van der Waals surface area contributed by atoms with Gasteiger partial charge in [0.05, 0.1) is 12.2 Å². The lowest BCUT2D eigenvalue weighted by molar-refractivity contribution is -0.138. The van der Waals surface area contributed by atoms with Gasteiger partial charge in [-0.2, -0.15) is 0 Å². The lowest BCUT2D eigenvalue weighted by Crippen LogP contribution is -2.20. The number of carboxylic acid groups (broad SMARTS) is 1. The number of aliphatic carboxylic acids is 1. The number of thiophene rings is 1. The highest BCUT2D eigenvalue weighted by Gasteiger charge is 2.22. The molecule has 0 fully saturated rings. The van der Waals surface area contributed by atoms with Gasteiger partial charge < -0.3 is 15.2 Å². The number of carbonyl (C=O) groups is 1. The summed E-state index contributed by atoms with van der Waals surface area (Å²) < 4.78 is 5.37. The molecule has 0 aliphatic heterocycles. The molecule has 0 amide bonds. The molecular formula is C13H15N3O3S. The van der Waals surface area contributed by atoms with Gasteiger partial charge >= 0.3 is 5.97 Å². The quantitative estimate of drug-likeness (QED) is 0.851. The van der Waals surface area contributed by atoms with Crippen LogP contribution in [0.3, 0.4) is 0 Å². The highest BCUT2D eigenvalue weighted by atomic mass is 32.1. The molecule has 0 aliphatic rings. The summed E-state index contributed by atoms with van der Waals surface area (Å²) in [6, 6.07) is 2.75. The van der Waals surface area contributed by atoms with E-state index >= 15 is 0 Å². The summed E-state index contributed by atoms with van der Waals surface area (Å²) in [6.45, 7) is 4.14. The lowest BCUT2D eigenvalue weighted by Gasteiger charge is -2.16. The average Bonchev–Trinajstić information content (AvgIpc) is 2.93. The number of rotatable bonds is 6. The molecule has 1 atom stereocenters. The lowest BCUT2D eigenvalue weighted by atomic mass is 10.2. The molecule has 0 spiro atoms. The fourth-order valence-electron chi connectivity index (χ4n) is 1.71. The first kappa shape index (κ1) is 14.3. The van der Waals surface area contributed by atoms with E-state index in [1.165, 1.54) is 17.7 Å². The Hall–Kier alpha value is -2.15. The maximum Gasteiger partial charge on any atom is 0.331 e. The number of carboxylic acids is 1. The normalized spacial score (nSPS) is 11.9. The van der Waals surface area contributed by atoms with E-state index in [4.69, 9.17) is 4.74 Å². The van der Waals surface area contributed by atoms with Gasteiger partial charge in [-0.1, -0.05) is 6.07 Å². The summed E-state index contributed by atoms with van der Waals surface area (Å²) in [7, 11) is 0. The molecule has 0 radical (unpaired) electrons. The predicted molar refractivity (Wildman–Crippen MR) is 76.3 cm³/mol. The Kier molecular flexibility index (Phi) is 4.52. The SMILES string of the molecule is CCOc1ncnc(NC(C(=O)O)c2cccs2)c1C. The monoisotopic (exact) mass is 293 g/mol. The second kappa shape index (κ2) is 6.33. The number of aromatic nitrogens is 2. The molecule has 0 aromatic carbocycles. The summed E-state index contributed by atoms with van der Waals surface area (Å²) in [5.74, 6) is -0.0343. The van der Waals surface area contributed by atoms with Crippen LogP contribution in [-0.2, 0) is 4.79 Å². The number of anilines is 1. The molecule has 2 aromatic heterocycles. The second-order valence-corrected chi connectivity index (χ2v) is 5.00. The van der Waals surface area contributed by atoms with Crippen molar-refractivity contribution in [1.29, 1.82) is 0 Å². The minimum Gasteiger partial charge on any atom is -0.479 e. The smallest absolute Gasteiger partial charge is 0.331 e. The van der Waals surface area contributed by atoms with Gasteiger partial charge in [0.1, 0.15) is 12.1 Å². The van der Waals surface area contributed by atoms with E-state index in [0.29, 0.717) is 28.7 Å². The van der Waals surface area contributed by atoms with Crippen molar-refractivity contribution in [3.8, 4) is 5.88 Å². The Morgan fingerprint density at radius 2 is 2.35 bits per heavy atom. The molecule has 2 aromatic rings. The van der Waals surface area contributed by atoms with E-state index in [1.54, 1.807) is 13.0 Å². The van der Waals surface area contributed by atoms with Crippen LogP contribution >= 0.6 is 11.3 Å². The van der Waals surface area contributed by atoms with Crippen LogP contribution in [0.5, 0.6) is 5.88 Å². The zero-order valence-corrected chi connectivity index (χ0v) is 12.0. The van der Waals surface area contributed by atoms with E-state index in [2.05, 4.69) is 15.3 Å². The van der Waals surface area contributed by atoms with Gasteiger partial charge in [-0.25, -0.2) is 14.8 Å². The summed E-state index contributed by atoms with van der Waals surface area (Å²) in [4.78, 5) is 20.2. The van der Waals surface area contributed by atoms with Gasteiger partial charge in [0.25, 0.3) is 0 Å². The van der Waals surface area contributed by atoms with E-state index < -0.39 is 12.0 Å². The molecule has 6 nitrogen and oxygen atoms in total. The Labute approximate surface area is 120 Å². The van der Waals surface area contributed by atoms with Crippen molar-refractivity contribution in [2.75, 3.05) is 11.9 Å². The molecule has 0 saturated heterocycles. The molecular weight excluding hydrogens is 278 g/mol. The maximum atomic E-state index is 11.4.